The van der Waals surface area contributed by atoms with Gasteiger partial charge in [-0.25, -0.2) is 9.37 Å². The fraction of sp³-hybridized carbons (Fsp3) is 0.217. The van der Waals surface area contributed by atoms with Crippen molar-refractivity contribution in [1.29, 1.82) is 5.26 Å². The monoisotopic (exact) mass is 497 g/mol. The zero-order valence-corrected chi connectivity index (χ0v) is 19.4. The molecule has 8 nitrogen and oxygen atoms in total. The Bertz CT molecular complexity index is 1430. The maximum Gasteiger partial charge on any atom is 0.177 e. The van der Waals surface area contributed by atoms with Gasteiger partial charge in [-0.2, -0.15) is 10.4 Å². The number of halogens is 3. The highest BCUT2D eigenvalue weighted by atomic mass is 35.5. The molecule has 0 radical (unpaired) electrons. The number of H-pyrrole nitrogens is 1. The van der Waals surface area contributed by atoms with Crippen LogP contribution in [0.4, 0.5) is 10.2 Å². The molecule has 1 aliphatic rings. The zero-order chi connectivity index (χ0) is 24.0. The summed E-state index contributed by atoms with van der Waals surface area (Å²) in [6.07, 6.45) is 4.34. The van der Waals surface area contributed by atoms with Gasteiger partial charge in [-0.1, -0.05) is 23.2 Å². The Hall–Kier alpha value is -3.45. The third-order valence-electron chi connectivity index (χ3n) is 5.90. The van der Waals surface area contributed by atoms with Crippen LogP contribution in [0.5, 0.6) is 5.75 Å². The number of fused-ring (bicyclic) bond motifs is 1. The van der Waals surface area contributed by atoms with Crippen LogP contribution < -0.4 is 15.4 Å². The molecule has 0 amide bonds. The van der Waals surface area contributed by atoms with Crippen LogP contribution in [0.3, 0.4) is 0 Å². The molecule has 0 spiro atoms. The maximum absolute atomic E-state index is 14.8. The molecule has 4 aromatic rings. The molecule has 2 atom stereocenters. The van der Waals surface area contributed by atoms with Crippen molar-refractivity contribution in [1.82, 2.24) is 20.2 Å². The van der Waals surface area contributed by atoms with E-state index in [0.717, 1.165) is 13.0 Å². The highest BCUT2D eigenvalue weighted by Crippen LogP contribution is 2.36. The van der Waals surface area contributed by atoms with Gasteiger partial charge in [0.25, 0.3) is 0 Å². The van der Waals surface area contributed by atoms with Crippen molar-refractivity contribution in [2.75, 3.05) is 11.4 Å². The summed E-state index contributed by atoms with van der Waals surface area (Å²) < 4.78 is 20.5. The van der Waals surface area contributed by atoms with Gasteiger partial charge in [-0.3, -0.25) is 15.8 Å². The summed E-state index contributed by atoms with van der Waals surface area (Å²) in [5.74, 6) is -0.0968. The lowest BCUT2D eigenvalue weighted by atomic mass is 10.0. The van der Waals surface area contributed by atoms with E-state index in [1.807, 2.05) is 0 Å². The van der Waals surface area contributed by atoms with Crippen LogP contribution in [0.2, 0.25) is 10.0 Å². The first-order valence-electron chi connectivity index (χ1n) is 10.4. The van der Waals surface area contributed by atoms with E-state index in [1.165, 1.54) is 24.5 Å². The van der Waals surface area contributed by atoms with E-state index in [9.17, 15) is 9.65 Å². The van der Waals surface area contributed by atoms with E-state index in [4.69, 9.17) is 33.7 Å². The molecule has 5 rings (SSSR count). The first kappa shape index (κ1) is 22.3. The summed E-state index contributed by atoms with van der Waals surface area (Å²) in [6, 6.07) is 7.04. The van der Waals surface area contributed by atoms with Crippen molar-refractivity contribution >= 4 is 39.9 Å². The van der Waals surface area contributed by atoms with Crippen LogP contribution in [-0.4, -0.2) is 32.8 Å². The molecule has 0 aliphatic carbocycles. The molecule has 1 aliphatic heterocycles. The van der Waals surface area contributed by atoms with Crippen molar-refractivity contribution in [3.63, 3.8) is 0 Å². The lowest BCUT2D eigenvalue weighted by Crippen LogP contribution is -2.46. The minimum Gasteiger partial charge on any atom is -0.468 e. The van der Waals surface area contributed by atoms with E-state index < -0.39 is 12.0 Å². The van der Waals surface area contributed by atoms with Crippen LogP contribution in [-0.2, 0) is 0 Å². The lowest BCUT2D eigenvalue weighted by molar-refractivity contribution is 0.205. The highest BCUT2D eigenvalue weighted by Gasteiger charge is 2.27. The Kier molecular flexibility index (Phi) is 5.73. The second-order valence-corrected chi connectivity index (χ2v) is 8.81. The first-order valence-corrected chi connectivity index (χ1v) is 11.2. The largest absolute Gasteiger partial charge is 0.468 e. The molecule has 11 heteroatoms. The fourth-order valence-electron chi connectivity index (χ4n) is 3.95. The molecular formula is C23H18Cl2FN7O. The average Bonchev–Trinajstić information content (AvgIpc) is 3.21. The summed E-state index contributed by atoms with van der Waals surface area (Å²) in [5, 5.41) is 17.8. The Balaban J connectivity index is 1.52. The molecule has 172 valence electrons. The van der Waals surface area contributed by atoms with Gasteiger partial charge in [-0.05, 0) is 25.5 Å². The van der Waals surface area contributed by atoms with Gasteiger partial charge in [0, 0.05) is 53.8 Å². The molecule has 1 saturated heterocycles. The Morgan fingerprint density at radius 2 is 2.03 bits per heavy atom. The SMILES string of the molecule is C[C@H]1CCN1c1ncc(-c2n[nH]c3cc(F)c(O[C@H](N)c4c(Cl)cncc4Cl)cc23)cc1C#N. The quantitative estimate of drug-likeness (QED) is 0.373. The molecule has 0 bridgehead atoms. The Labute approximate surface area is 204 Å². The topological polar surface area (TPSA) is 117 Å². The second-order valence-electron chi connectivity index (χ2n) is 7.99. The average molecular weight is 498 g/mol. The van der Waals surface area contributed by atoms with Gasteiger partial charge in [-0.15, -0.1) is 0 Å². The first-order chi connectivity index (χ1) is 16.4. The number of nitrogens with zero attached hydrogens (tertiary/aromatic N) is 5. The van der Waals surface area contributed by atoms with Crippen molar-refractivity contribution in [3.05, 3.63) is 63.8 Å². The molecule has 0 unspecified atom stereocenters. The van der Waals surface area contributed by atoms with Crippen molar-refractivity contribution < 1.29 is 9.13 Å². The van der Waals surface area contributed by atoms with E-state index >= 15 is 0 Å². The summed E-state index contributed by atoms with van der Waals surface area (Å²) in [6.45, 7) is 2.95. The summed E-state index contributed by atoms with van der Waals surface area (Å²) in [5.41, 5.74) is 8.43. The summed E-state index contributed by atoms with van der Waals surface area (Å²) >= 11 is 12.3. The molecule has 0 saturated carbocycles. The van der Waals surface area contributed by atoms with E-state index in [0.29, 0.717) is 45.1 Å². The second kappa shape index (κ2) is 8.72. The van der Waals surface area contributed by atoms with Gasteiger partial charge < -0.3 is 9.64 Å². The maximum atomic E-state index is 14.8. The van der Waals surface area contributed by atoms with Crippen LogP contribution >= 0.6 is 23.2 Å². The third kappa shape index (κ3) is 3.80. The van der Waals surface area contributed by atoms with E-state index in [1.54, 1.807) is 12.3 Å². The van der Waals surface area contributed by atoms with E-state index in [-0.39, 0.29) is 15.8 Å². The van der Waals surface area contributed by atoms with Crippen LogP contribution in [0.15, 0.2) is 36.8 Å². The molecule has 3 N–H and O–H groups in total. The number of hydrogen-bond donors (Lipinski definition) is 2. The van der Waals surface area contributed by atoms with Gasteiger partial charge in [0.2, 0.25) is 0 Å². The van der Waals surface area contributed by atoms with Crippen LogP contribution in [0.25, 0.3) is 22.2 Å². The normalized spacial score (nSPS) is 16.2. The molecule has 34 heavy (non-hydrogen) atoms. The number of nitrogens with two attached hydrogens (primary N) is 1. The molecule has 1 fully saturated rings. The van der Waals surface area contributed by atoms with Crippen LogP contribution in [0, 0.1) is 17.1 Å². The standard InChI is InChI=1S/C23H18Cl2FN7O/c1-11-2-3-33(11)23-12(7-27)4-13(8-30-23)21-14-5-19(17(26)6-18(14)31-32-21)34-22(28)20-15(24)9-29-10-16(20)25/h4-6,8-11,22H,2-3,28H2,1H3,(H,31,32)/t11-,22-/m0/s1. The number of rotatable bonds is 5. The van der Waals surface area contributed by atoms with Crippen molar-refractivity contribution in [3.8, 4) is 23.1 Å². The number of benzene rings is 1. The molecule has 3 aromatic heterocycles. The van der Waals surface area contributed by atoms with Crippen molar-refractivity contribution in [2.24, 2.45) is 5.73 Å². The third-order valence-corrected chi connectivity index (χ3v) is 6.50. The van der Waals surface area contributed by atoms with Gasteiger partial charge in [0.05, 0.1) is 21.1 Å². The van der Waals surface area contributed by atoms with E-state index in [2.05, 4.69) is 38.1 Å². The number of ether oxygens (including phenoxy) is 1. The number of aromatic amines is 1. The minimum atomic E-state index is -1.13. The number of nitrogens with one attached hydrogen (secondary N) is 1. The Morgan fingerprint density at radius 3 is 2.68 bits per heavy atom. The number of pyridine rings is 2. The van der Waals surface area contributed by atoms with Crippen molar-refractivity contribution in [2.45, 2.75) is 25.6 Å². The van der Waals surface area contributed by atoms with Crippen LogP contribution in [0.1, 0.15) is 30.7 Å². The summed E-state index contributed by atoms with van der Waals surface area (Å²) in [4.78, 5) is 10.5. The Morgan fingerprint density at radius 1 is 1.26 bits per heavy atom. The zero-order valence-electron chi connectivity index (χ0n) is 17.9. The lowest BCUT2D eigenvalue weighted by Gasteiger charge is -2.40. The summed E-state index contributed by atoms with van der Waals surface area (Å²) in [7, 11) is 0. The molecule has 4 heterocycles. The van der Waals surface area contributed by atoms with Gasteiger partial charge in [0.1, 0.15) is 17.6 Å². The fourth-order valence-corrected chi connectivity index (χ4v) is 4.53. The molecule has 1 aromatic carbocycles. The number of aromatic nitrogens is 4. The molecular weight excluding hydrogens is 480 g/mol. The van der Waals surface area contributed by atoms with Gasteiger partial charge >= 0.3 is 0 Å². The predicted molar refractivity (Wildman–Crippen MR) is 127 cm³/mol. The number of nitriles is 1. The smallest absolute Gasteiger partial charge is 0.177 e. The number of anilines is 1. The number of hydrogen-bond acceptors (Lipinski definition) is 7. The highest BCUT2D eigenvalue weighted by molar-refractivity contribution is 6.35. The van der Waals surface area contributed by atoms with Gasteiger partial charge in [0.15, 0.2) is 17.8 Å². The predicted octanol–water partition coefficient (Wildman–Crippen LogP) is 4.97. The minimum absolute atomic E-state index is 0.105.